The molecule has 0 aromatic heterocycles. The average molecular weight is 160 g/mol. The molecule has 60 valence electrons. The van der Waals surface area contributed by atoms with Gasteiger partial charge in [0.15, 0.2) is 5.41 Å². The molecule has 1 heterocycles. The third-order valence-corrected chi connectivity index (χ3v) is 2.73. The lowest BCUT2D eigenvalue weighted by Crippen LogP contribution is -2.38. The molecular formula is C8H8N4. The van der Waals surface area contributed by atoms with E-state index >= 15 is 0 Å². The van der Waals surface area contributed by atoms with Crippen molar-refractivity contribution in [2.75, 3.05) is 0 Å². The summed E-state index contributed by atoms with van der Waals surface area (Å²) in [7, 11) is 0. The SMILES string of the molecule is N#CC1(C#N)CCCCC12N=N2. The fourth-order valence-corrected chi connectivity index (χ4v) is 1.82. The van der Waals surface area contributed by atoms with Crippen LogP contribution in [0.3, 0.4) is 0 Å². The molecule has 12 heavy (non-hydrogen) atoms. The van der Waals surface area contributed by atoms with E-state index in [9.17, 15) is 0 Å². The van der Waals surface area contributed by atoms with Crippen LogP contribution in [0.2, 0.25) is 0 Å². The molecule has 0 unspecified atom stereocenters. The molecule has 4 nitrogen and oxygen atoms in total. The van der Waals surface area contributed by atoms with Crippen LogP contribution < -0.4 is 0 Å². The van der Waals surface area contributed by atoms with Gasteiger partial charge in [0, 0.05) is 0 Å². The quantitative estimate of drug-likeness (QED) is 0.541. The molecule has 0 atom stereocenters. The van der Waals surface area contributed by atoms with Crippen LogP contribution in [0.15, 0.2) is 10.2 Å². The molecular weight excluding hydrogens is 152 g/mol. The van der Waals surface area contributed by atoms with Crippen LogP contribution in [0.25, 0.3) is 0 Å². The van der Waals surface area contributed by atoms with Gasteiger partial charge in [0.1, 0.15) is 0 Å². The van der Waals surface area contributed by atoms with Gasteiger partial charge in [-0.1, -0.05) is 6.42 Å². The fraction of sp³-hybridized carbons (Fsp3) is 0.750. The average Bonchev–Trinajstić information content (AvgIpc) is 2.88. The second-order valence-electron chi connectivity index (χ2n) is 3.35. The Morgan fingerprint density at radius 3 is 2.00 bits per heavy atom. The molecule has 1 aliphatic heterocycles. The molecule has 2 rings (SSSR count). The Bertz CT molecular complexity index is 297. The van der Waals surface area contributed by atoms with E-state index in [0.717, 1.165) is 19.3 Å². The van der Waals surface area contributed by atoms with Gasteiger partial charge in [-0.3, -0.25) is 0 Å². The molecule has 4 heteroatoms. The Morgan fingerprint density at radius 2 is 1.58 bits per heavy atom. The molecule has 0 aromatic rings. The van der Waals surface area contributed by atoms with Crippen molar-refractivity contribution in [3.05, 3.63) is 0 Å². The molecule has 1 spiro atoms. The number of hydrogen-bond acceptors (Lipinski definition) is 4. The van der Waals surface area contributed by atoms with Crippen molar-refractivity contribution >= 4 is 0 Å². The lowest BCUT2D eigenvalue weighted by Gasteiger charge is -2.28. The molecule has 0 bridgehead atoms. The summed E-state index contributed by atoms with van der Waals surface area (Å²) in [5, 5.41) is 25.6. The van der Waals surface area contributed by atoms with Crippen molar-refractivity contribution in [1.29, 1.82) is 10.5 Å². The van der Waals surface area contributed by atoms with Gasteiger partial charge >= 0.3 is 0 Å². The predicted molar refractivity (Wildman–Crippen MR) is 39.7 cm³/mol. The summed E-state index contributed by atoms with van der Waals surface area (Å²) >= 11 is 0. The van der Waals surface area contributed by atoms with E-state index in [0.29, 0.717) is 6.42 Å². The van der Waals surface area contributed by atoms with Crippen LogP contribution in [0.5, 0.6) is 0 Å². The van der Waals surface area contributed by atoms with E-state index in [4.69, 9.17) is 10.5 Å². The molecule has 0 aromatic carbocycles. The Kier molecular flexibility index (Phi) is 1.23. The highest BCUT2D eigenvalue weighted by molar-refractivity contribution is 5.29. The largest absolute Gasteiger partial charge is 0.222 e. The highest BCUT2D eigenvalue weighted by Gasteiger charge is 2.61. The molecule has 0 radical (unpaired) electrons. The molecule has 1 aliphatic carbocycles. The normalized spacial score (nSPS) is 27.5. The van der Waals surface area contributed by atoms with Gasteiger partial charge in [-0.25, -0.2) is 0 Å². The summed E-state index contributed by atoms with van der Waals surface area (Å²) in [5.41, 5.74) is -1.58. The Labute approximate surface area is 70.5 Å². The minimum atomic E-state index is -0.953. The van der Waals surface area contributed by atoms with Gasteiger partial charge in [0.2, 0.25) is 5.66 Å². The molecule has 2 aliphatic rings. The number of nitriles is 2. The lowest BCUT2D eigenvalue weighted by atomic mass is 9.70. The Morgan fingerprint density at radius 1 is 1.00 bits per heavy atom. The van der Waals surface area contributed by atoms with Crippen LogP contribution in [0.4, 0.5) is 0 Å². The lowest BCUT2D eigenvalue weighted by molar-refractivity contribution is 0.252. The number of rotatable bonds is 0. The molecule has 0 saturated heterocycles. The maximum atomic E-state index is 8.92. The van der Waals surface area contributed by atoms with Crippen LogP contribution in [0, 0.1) is 28.1 Å². The minimum absolute atomic E-state index is 0.618. The van der Waals surface area contributed by atoms with Gasteiger partial charge < -0.3 is 0 Å². The molecule has 0 amide bonds. The van der Waals surface area contributed by atoms with E-state index in [2.05, 4.69) is 22.4 Å². The van der Waals surface area contributed by atoms with E-state index < -0.39 is 11.1 Å². The highest BCUT2D eigenvalue weighted by atomic mass is 15.5. The first-order valence-electron chi connectivity index (χ1n) is 4.05. The minimum Gasteiger partial charge on any atom is -0.196 e. The van der Waals surface area contributed by atoms with E-state index in [1.165, 1.54) is 0 Å². The van der Waals surface area contributed by atoms with Crippen molar-refractivity contribution in [1.82, 2.24) is 0 Å². The molecule has 0 N–H and O–H groups in total. The third-order valence-electron chi connectivity index (χ3n) is 2.73. The van der Waals surface area contributed by atoms with Gasteiger partial charge in [-0.2, -0.15) is 20.8 Å². The zero-order valence-electron chi connectivity index (χ0n) is 6.62. The zero-order chi connectivity index (χ0) is 8.66. The number of hydrogen-bond donors (Lipinski definition) is 0. The summed E-state index contributed by atoms with van der Waals surface area (Å²) in [4.78, 5) is 0. The topological polar surface area (TPSA) is 72.3 Å². The Hall–Kier alpha value is -1.42. The summed E-state index contributed by atoms with van der Waals surface area (Å²) in [6.07, 6.45) is 3.35. The van der Waals surface area contributed by atoms with E-state index in [1.54, 1.807) is 0 Å². The molecule has 1 fully saturated rings. The first-order valence-corrected chi connectivity index (χ1v) is 4.05. The standard InChI is InChI=1S/C8H8N4/c9-5-7(6-10)3-1-2-4-8(7)11-12-8/h1-4H2. The van der Waals surface area contributed by atoms with Gasteiger partial charge in [-0.05, 0) is 19.3 Å². The van der Waals surface area contributed by atoms with Crippen molar-refractivity contribution in [2.24, 2.45) is 15.6 Å². The van der Waals surface area contributed by atoms with Gasteiger partial charge in [0.05, 0.1) is 12.1 Å². The first-order chi connectivity index (χ1) is 5.79. The third kappa shape index (κ3) is 0.648. The predicted octanol–water partition coefficient (Wildman–Crippen LogP) is 1.76. The second kappa shape index (κ2) is 2.04. The van der Waals surface area contributed by atoms with Crippen molar-refractivity contribution < 1.29 is 0 Å². The van der Waals surface area contributed by atoms with Crippen LogP contribution >= 0.6 is 0 Å². The first kappa shape index (κ1) is 7.24. The monoisotopic (exact) mass is 160 g/mol. The van der Waals surface area contributed by atoms with Crippen molar-refractivity contribution in [2.45, 2.75) is 31.3 Å². The smallest absolute Gasteiger partial charge is 0.196 e. The molecule has 1 saturated carbocycles. The van der Waals surface area contributed by atoms with Crippen LogP contribution in [0.1, 0.15) is 25.7 Å². The maximum absolute atomic E-state index is 8.92. The second-order valence-corrected chi connectivity index (χ2v) is 3.35. The van der Waals surface area contributed by atoms with E-state index in [-0.39, 0.29) is 0 Å². The summed E-state index contributed by atoms with van der Waals surface area (Å²) < 4.78 is 0. The van der Waals surface area contributed by atoms with Crippen LogP contribution in [-0.2, 0) is 0 Å². The van der Waals surface area contributed by atoms with Crippen molar-refractivity contribution in [3.63, 3.8) is 0 Å². The van der Waals surface area contributed by atoms with Gasteiger partial charge in [0.25, 0.3) is 0 Å². The van der Waals surface area contributed by atoms with Crippen LogP contribution in [-0.4, -0.2) is 5.66 Å². The summed E-state index contributed by atoms with van der Waals surface area (Å²) in [6.45, 7) is 0. The van der Waals surface area contributed by atoms with Gasteiger partial charge in [-0.15, -0.1) is 0 Å². The highest BCUT2D eigenvalue weighted by Crippen LogP contribution is 2.54. The van der Waals surface area contributed by atoms with E-state index in [1.807, 2.05) is 0 Å². The maximum Gasteiger partial charge on any atom is 0.222 e. The Balaban J connectivity index is 2.34. The fourth-order valence-electron chi connectivity index (χ4n) is 1.82. The zero-order valence-corrected chi connectivity index (χ0v) is 6.62. The van der Waals surface area contributed by atoms with Crippen molar-refractivity contribution in [3.8, 4) is 12.1 Å². The summed E-state index contributed by atoms with van der Waals surface area (Å²) in [5.74, 6) is 0. The number of nitrogens with zero attached hydrogens (tertiary/aromatic N) is 4. The summed E-state index contributed by atoms with van der Waals surface area (Å²) in [6, 6.07) is 4.14.